The second kappa shape index (κ2) is 8.23. The number of nitrogens with zero attached hydrogens (tertiary/aromatic N) is 1. The molecular formula is C10H20N2O3. The van der Waals surface area contributed by atoms with Crippen molar-refractivity contribution in [1.29, 1.82) is 0 Å². The third kappa shape index (κ3) is 6.06. The van der Waals surface area contributed by atoms with Crippen LogP contribution in [0.15, 0.2) is 0 Å². The molecule has 0 aliphatic heterocycles. The van der Waals surface area contributed by atoms with Crippen LogP contribution in [0.25, 0.3) is 0 Å². The van der Waals surface area contributed by atoms with Crippen LogP contribution in [0.2, 0.25) is 0 Å². The van der Waals surface area contributed by atoms with Crippen molar-refractivity contribution in [2.45, 2.75) is 20.3 Å². The largest absolute Gasteiger partial charge is 0.462 e. The first-order chi connectivity index (χ1) is 7.15. The number of carbonyl (C=O) groups is 2. The Bertz CT molecular complexity index is 207. The Kier molecular flexibility index (Phi) is 7.62. The standard InChI is InChI=1S/C10H20N2O3/c1-4-7-12(5-2)8-6-11-9(13)10(14)15-3/h4-8H2,1-3H3,(H,11,13). The molecule has 5 heteroatoms. The van der Waals surface area contributed by atoms with Crippen molar-refractivity contribution >= 4 is 11.9 Å². The van der Waals surface area contributed by atoms with Crippen LogP contribution < -0.4 is 5.32 Å². The molecule has 0 saturated carbocycles. The number of nitrogens with one attached hydrogen (secondary N) is 1. The summed E-state index contributed by atoms with van der Waals surface area (Å²) in [5, 5.41) is 2.50. The third-order valence-corrected chi connectivity index (χ3v) is 2.07. The van der Waals surface area contributed by atoms with Crippen LogP contribution in [0.3, 0.4) is 0 Å². The number of hydrogen-bond donors (Lipinski definition) is 1. The van der Waals surface area contributed by atoms with Gasteiger partial charge in [0.15, 0.2) is 0 Å². The predicted molar refractivity (Wildman–Crippen MR) is 57.4 cm³/mol. The van der Waals surface area contributed by atoms with Gasteiger partial charge in [0.25, 0.3) is 0 Å². The third-order valence-electron chi connectivity index (χ3n) is 2.07. The summed E-state index contributed by atoms with van der Waals surface area (Å²) in [5.41, 5.74) is 0. The van der Waals surface area contributed by atoms with Crippen LogP contribution in [0.4, 0.5) is 0 Å². The van der Waals surface area contributed by atoms with Gasteiger partial charge >= 0.3 is 11.9 Å². The molecule has 0 aliphatic carbocycles. The Morgan fingerprint density at radius 3 is 2.40 bits per heavy atom. The molecule has 1 amide bonds. The molecule has 0 saturated heterocycles. The first kappa shape index (κ1) is 13.9. The van der Waals surface area contributed by atoms with Crippen molar-refractivity contribution < 1.29 is 14.3 Å². The number of amides is 1. The zero-order valence-corrected chi connectivity index (χ0v) is 9.71. The molecule has 5 nitrogen and oxygen atoms in total. The second-order valence-corrected chi connectivity index (χ2v) is 3.18. The van der Waals surface area contributed by atoms with Gasteiger partial charge in [0.2, 0.25) is 0 Å². The summed E-state index contributed by atoms with van der Waals surface area (Å²) >= 11 is 0. The zero-order valence-electron chi connectivity index (χ0n) is 9.71. The summed E-state index contributed by atoms with van der Waals surface area (Å²) in [4.78, 5) is 23.9. The minimum Gasteiger partial charge on any atom is -0.462 e. The van der Waals surface area contributed by atoms with Crippen LogP contribution in [0.1, 0.15) is 20.3 Å². The fourth-order valence-corrected chi connectivity index (χ4v) is 1.24. The average molecular weight is 216 g/mol. The average Bonchev–Trinajstić information content (AvgIpc) is 2.26. The van der Waals surface area contributed by atoms with E-state index in [9.17, 15) is 9.59 Å². The molecule has 0 fully saturated rings. The number of likely N-dealkylation sites (N-methyl/N-ethyl adjacent to an activating group) is 1. The molecule has 0 heterocycles. The summed E-state index contributed by atoms with van der Waals surface area (Å²) in [6, 6.07) is 0. The molecule has 0 atom stereocenters. The van der Waals surface area contributed by atoms with E-state index in [1.54, 1.807) is 0 Å². The Labute approximate surface area is 90.8 Å². The van der Waals surface area contributed by atoms with Crippen LogP contribution >= 0.6 is 0 Å². The highest BCUT2D eigenvalue weighted by Gasteiger charge is 2.12. The number of hydrogen-bond acceptors (Lipinski definition) is 4. The van der Waals surface area contributed by atoms with Gasteiger partial charge in [-0.15, -0.1) is 0 Å². The first-order valence-corrected chi connectivity index (χ1v) is 5.24. The van der Waals surface area contributed by atoms with Crippen molar-refractivity contribution in [2.75, 3.05) is 33.3 Å². The Hall–Kier alpha value is -1.10. The highest BCUT2D eigenvalue weighted by atomic mass is 16.5. The maximum atomic E-state index is 11.0. The molecule has 0 aromatic rings. The van der Waals surface area contributed by atoms with E-state index in [4.69, 9.17) is 0 Å². The Balaban J connectivity index is 3.67. The number of esters is 1. The van der Waals surface area contributed by atoms with Crippen molar-refractivity contribution in [1.82, 2.24) is 10.2 Å². The number of ether oxygens (including phenoxy) is 1. The summed E-state index contributed by atoms with van der Waals surface area (Å²) in [7, 11) is 1.19. The predicted octanol–water partition coefficient (Wildman–Crippen LogP) is 0.00750. The SMILES string of the molecule is CCCN(CC)CCNC(=O)C(=O)OC. The monoisotopic (exact) mass is 216 g/mol. The minimum atomic E-state index is -0.839. The zero-order chi connectivity index (χ0) is 11.7. The van der Waals surface area contributed by atoms with Crippen molar-refractivity contribution in [3.63, 3.8) is 0 Å². The van der Waals surface area contributed by atoms with Gasteiger partial charge in [-0.1, -0.05) is 13.8 Å². The summed E-state index contributed by atoms with van der Waals surface area (Å²) in [6.07, 6.45) is 1.08. The van der Waals surface area contributed by atoms with E-state index >= 15 is 0 Å². The van der Waals surface area contributed by atoms with Gasteiger partial charge in [-0.2, -0.15) is 0 Å². The molecular weight excluding hydrogens is 196 g/mol. The maximum absolute atomic E-state index is 11.0. The van der Waals surface area contributed by atoms with Gasteiger partial charge in [-0.25, -0.2) is 4.79 Å². The summed E-state index contributed by atoms with van der Waals surface area (Å²) < 4.78 is 4.28. The fraction of sp³-hybridized carbons (Fsp3) is 0.800. The van der Waals surface area contributed by atoms with Crippen molar-refractivity contribution in [3.8, 4) is 0 Å². The number of rotatable bonds is 6. The van der Waals surface area contributed by atoms with E-state index in [0.29, 0.717) is 6.54 Å². The molecule has 0 radical (unpaired) electrons. The lowest BCUT2D eigenvalue weighted by molar-refractivity contribution is -0.152. The topological polar surface area (TPSA) is 58.6 Å². The Morgan fingerprint density at radius 2 is 1.93 bits per heavy atom. The smallest absolute Gasteiger partial charge is 0.396 e. The molecule has 1 N–H and O–H groups in total. The second-order valence-electron chi connectivity index (χ2n) is 3.18. The van der Waals surface area contributed by atoms with Gasteiger partial charge in [-0.3, -0.25) is 4.79 Å². The molecule has 0 aliphatic rings. The van der Waals surface area contributed by atoms with Gasteiger partial charge in [0.1, 0.15) is 0 Å². The van der Waals surface area contributed by atoms with E-state index < -0.39 is 11.9 Å². The van der Waals surface area contributed by atoms with Crippen LogP contribution in [0, 0.1) is 0 Å². The normalized spacial score (nSPS) is 10.1. The molecule has 0 rings (SSSR count). The van der Waals surface area contributed by atoms with Crippen molar-refractivity contribution in [3.05, 3.63) is 0 Å². The first-order valence-electron chi connectivity index (χ1n) is 5.24. The molecule has 0 spiro atoms. The highest BCUT2D eigenvalue weighted by Crippen LogP contribution is 1.89. The molecule has 0 bridgehead atoms. The van der Waals surface area contributed by atoms with Gasteiger partial charge in [-0.05, 0) is 19.5 Å². The molecule has 15 heavy (non-hydrogen) atoms. The number of carbonyl (C=O) groups excluding carboxylic acids is 2. The lowest BCUT2D eigenvalue weighted by Gasteiger charge is -2.19. The van der Waals surface area contributed by atoms with Gasteiger partial charge in [0, 0.05) is 13.1 Å². The van der Waals surface area contributed by atoms with Crippen LogP contribution in [0.5, 0.6) is 0 Å². The van der Waals surface area contributed by atoms with Crippen molar-refractivity contribution in [2.24, 2.45) is 0 Å². The maximum Gasteiger partial charge on any atom is 0.396 e. The van der Waals surface area contributed by atoms with E-state index in [2.05, 4.69) is 28.8 Å². The van der Waals surface area contributed by atoms with Crippen LogP contribution in [-0.4, -0.2) is 50.1 Å². The Morgan fingerprint density at radius 1 is 1.27 bits per heavy atom. The number of methoxy groups -OCH3 is 1. The molecule has 88 valence electrons. The lowest BCUT2D eigenvalue weighted by Crippen LogP contribution is -2.38. The van der Waals surface area contributed by atoms with E-state index in [-0.39, 0.29) is 0 Å². The minimum absolute atomic E-state index is 0.474. The summed E-state index contributed by atoms with van der Waals surface area (Å²) in [5.74, 6) is -1.52. The van der Waals surface area contributed by atoms with E-state index in [0.717, 1.165) is 26.1 Å². The molecule has 0 aromatic carbocycles. The fourth-order valence-electron chi connectivity index (χ4n) is 1.24. The van der Waals surface area contributed by atoms with Crippen LogP contribution in [-0.2, 0) is 14.3 Å². The summed E-state index contributed by atoms with van der Waals surface area (Å²) in [6.45, 7) is 7.36. The molecule has 0 unspecified atom stereocenters. The van der Waals surface area contributed by atoms with E-state index in [1.807, 2.05) is 0 Å². The molecule has 0 aromatic heterocycles. The highest BCUT2D eigenvalue weighted by molar-refractivity contribution is 6.32. The van der Waals surface area contributed by atoms with Gasteiger partial charge < -0.3 is 15.0 Å². The van der Waals surface area contributed by atoms with E-state index in [1.165, 1.54) is 7.11 Å². The lowest BCUT2D eigenvalue weighted by atomic mass is 10.4. The van der Waals surface area contributed by atoms with Gasteiger partial charge in [0.05, 0.1) is 7.11 Å². The quantitative estimate of drug-likeness (QED) is 0.502.